The van der Waals surface area contributed by atoms with E-state index in [2.05, 4.69) is 20.0 Å². The number of allylic oxidation sites excluding steroid dienone is 2. The zero-order valence-electron chi connectivity index (χ0n) is 11.2. The Kier molecular flexibility index (Phi) is 7.59. The van der Waals surface area contributed by atoms with Crippen LogP contribution in [0.25, 0.3) is 0 Å². The SMILES string of the molecule is O=C1C=CC=NC1.O=C1C=CN=CC1.O=c1nccc[nH]1. The summed E-state index contributed by atoms with van der Waals surface area (Å²) in [6, 6.07) is 1.65. The van der Waals surface area contributed by atoms with Crippen LogP contribution in [0.3, 0.4) is 0 Å². The van der Waals surface area contributed by atoms with E-state index in [1.54, 1.807) is 24.6 Å². The van der Waals surface area contributed by atoms with Gasteiger partial charge in [-0.1, -0.05) is 0 Å². The maximum absolute atomic E-state index is 10.3. The smallest absolute Gasteiger partial charge is 0.313 e. The van der Waals surface area contributed by atoms with Crippen molar-refractivity contribution in [2.75, 3.05) is 6.54 Å². The second-order valence-corrected chi connectivity index (χ2v) is 3.72. The molecular weight excluding hydrogens is 272 g/mol. The number of nitrogens with one attached hydrogen (secondary N) is 1. The van der Waals surface area contributed by atoms with Crippen LogP contribution in [-0.4, -0.2) is 40.5 Å². The van der Waals surface area contributed by atoms with Crippen molar-refractivity contribution < 1.29 is 9.59 Å². The summed E-state index contributed by atoms with van der Waals surface area (Å²) in [5.41, 5.74) is -0.303. The molecule has 108 valence electrons. The van der Waals surface area contributed by atoms with E-state index in [0.29, 0.717) is 13.0 Å². The minimum atomic E-state index is -0.303. The maximum Gasteiger partial charge on any atom is 0.344 e. The van der Waals surface area contributed by atoms with Crippen LogP contribution in [-0.2, 0) is 9.59 Å². The molecule has 0 radical (unpaired) electrons. The summed E-state index contributed by atoms with van der Waals surface area (Å²) in [5, 5.41) is 0. The molecule has 0 fully saturated rings. The Morgan fingerprint density at radius 2 is 1.95 bits per heavy atom. The highest BCUT2D eigenvalue weighted by Crippen LogP contribution is 1.88. The van der Waals surface area contributed by atoms with Crippen molar-refractivity contribution in [2.24, 2.45) is 9.98 Å². The molecule has 0 aromatic carbocycles. The third-order valence-electron chi connectivity index (χ3n) is 2.05. The van der Waals surface area contributed by atoms with Gasteiger partial charge in [0.2, 0.25) is 0 Å². The van der Waals surface area contributed by atoms with E-state index in [1.165, 1.54) is 30.7 Å². The first kappa shape index (κ1) is 16.1. The third kappa shape index (κ3) is 8.71. The minimum absolute atomic E-state index is 0.0856. The summed E-state index contributed by atoms with van der Waals surface area (Å²) in [7, 11) is 0. The van der Waals surface area contributed by atoms with Gasteiger partial charge in [-0.25, -0.2) is 9.78 Å². The molecule has 0 spiro atoms. The molecule has 3 rings (SSSR count). The number of aromatic amines is 1. The van der Waals surface area contributed by atoms with Crippen molar-refractivity contribution in [3.8, 4) is 0 Å². The molecule has 1 aromatic rings. The van der Waals surface area contributed by atoms with Gasteiger partial charge < -0.3 is 4.98 Å². The van der Waals surface area contributed by atoms with Crippen molar-refractivity contribution in [2.45, 2.75) is 6.42 Å². The molecule has 7 heteroatoms. The van der Waals surface area contributed by atoms with Gasteiger partial charge in [0.1, 0.15) is 6.54 Å². The fraction of sp³-hybridized carbons (Fsp3) is 0.143. The number of carbonyl (C=O) groups is 2. The number of aromatic nitrogens is 2. The highest BCUT2D eigenvalue weighted by molar-refractivity contribution is 6.00. The average Bonchev–Trinajstić information content (AvgIpc) is 2.51. The Morgan fingerprint density at radius 3 is 2.24 bits per heavy atom. The van der Waals surface area contributed by atoms with E-state index < -0.39 is 0 Å². The lowest BCUT2D eigenvalue weighted by Gasteiger charge is -1.88. The highest BCUT2D eigenvalue weighted by Gasteiger charge is 1.93. The monoisotopic (exact) mass is 286 g/mol. The van der Waals surface area contributed by atoms with Crippen LogP contribution in [0.5, 0.6) is 0 Å². The Hall–Kier alpha value is -2.96. The normalized spacial score (nSPS) is 14.9. The van der Waals surface area contributed by atoms with Gasteiger partial charge in [-0.05, 0) is 24.3 Å². The molecule has 2 aliphatic heterocycles. The summed E-state index contributed by atoms with van der Waals surface area (Å²) in [6.45, 7) is 0.330. The molecule has 7 nitrogen and oxygen atoms in total. The third-order valence-corrected chi connectivity index (χ3v) is 2.05. The fourth-order valence-corrected chi connectivity index (χ4v) is 1.11. The van der Waals surface area contributed by atoms with E-state index in [-0.39, 0.29) is 17.3 Å². The number of rotatable bonds is 0. The first-order valence-corrected chi connectivity index (χ1v) is 6.08. The average molecular weight is 286 g/mol. The van der Waals surface area contributed by atoms with Crippen molar-refractivity contribution >= 4 is 24.0 Å². The molecule has 0 atom stereocenters. The number of hydrogen-bond acceptors (Lipinski definition) is 6. The van der Waals surface area contributed by atoms with E-state index in [0.717, 1.165) is 0 Å². The van der Waals surface area contributed by atoms with Gasteiger partial charge in [0.05, 0.1) is 0 Å². The lowest BCUT2D eigenvalue weighted by molar-refractivity contribution is -0.114. The van der Waals surface area contributed by atoms with Crippen LogP contribution in [0.4, 0.5) is 0 Å². The predicted molar refractivity (Wildman–Crippen MR) is 79.6 cm³/mol. The molecule has 1 N–H and O–H groups in total. The molecule has 2 aliphatic rings. The number of nitrogens with zero attached hydrogens (tertiary/aromatic N) is 3. The Bertz CT molecular complexity index is 590. The minimum Gasteiger partial charge on any atom is -0.313 e. The predicted octanol–water partition coefficient (Wildman–Crippen LogP) is 0.510. The zero-order chi connectivity index (χ0) is 15.3. The number of hydrogen-bond donors (Lipinski definition) is 1. The molecule has 0 bridgehead atoms. The van der Waals surface area contributed by atoms with Gasteiger partial charge in [0.25, 0.3) is 0 Å². The number of dihydropyridines is 1. The van der Waals surface area contributed by atoms with Crippen LogP contribution in [0.15, 0.2) is 57.7 Å². The van der Waals surface area contributed by atoms with Gasteiger partial charge in [-0.2, -0.15) is 0 Å². The first-order valence-electron chi connectivity index (χ1n) is 6.08. The van der Waals surface area contributed by atoms with Gasteiger partial charge >= 0.3 is 5.69 Å². The first-order chi connectivity index (χ1) is 10.2. The van der Waals surface area contributed by atoms with Gasteiger partial charge in [0, 0.05) is 37.4 Å². The summed E-state index contributed by atoms with van der Waals surface area (Å²) in [5.74, 6) is 0.220. The Morgan fingerprint density at radius 1 is 1.10 bits per heavy atom. The second kappa shape index (κ2) is 9.90. The van der Waals surface area contributed by atoms with Crippen LogP contribution >= 0.6 is 0 Å². The molecule has 0 unspecified atom stereocenters. The summed E-state index contributed by atoms with van der Waals surface area (Å²) < 4.78 is 0. The van der Waals surface area contributed by atoms with Gasteiger partial charge in [0.15, 0.2) is 11.6 Å². The molecular formula is C14H14N4O3. The van der Waals surface area contributed by atoms with Crippen LogP contribution in [0.1, 0.15) is 6.42 Å². The molecule has 21 heavy (non-hydrogen) atoms. The quantitative estimate of drug-likeness (QED) is 0.750. The molecule has 0 saturated carbocycles. The summed E-state index contributed by atoms with van der Waals surface area (Å²) >= 11 is 0. The lowest BCUT2D eigenvalue weighted by Crippen LogP contribution is -2.05. The standard InChI is InChI=1S/2C5H5NO.C4H4N2O/c7-5-1-3-6-4-2-5;7-5-2-1-3-6-4-5;7-4-5-2-1-3-6-4/h1,3-4H,2H2;1-3H,4H2;1-3H,(H,5,6,7). The second-order valence-electron chi connectivity index (χ2n) is 3.72. The van der Waals surface area contributed by atoms with Crippen LogP contribution in [0.2, 0.25) is 0 Å². The van der Waals surface area contributed by atoms with E-state index in [1.807, 2.05) is 0 Å². The van der Waals surface area contributed by atoms with E-state index >= 15 is 0 Å². The summed E-state index contributed by atoms with van der Waals surface area (Å²) in [6.07, 6.45) is 12.8. The number of aliphatic imine (C=N–C) groups is 2. The highest BCUT2D eigenvalue weighted by atomic mass is 16.1. The zero-order valence-corrected chi connectivity index (χ0v) is 11.2. The van der Waals surface area contributed by atoms with Crippen molar-refractivity contribution in [3.05, 3.63) is 53.4 Å². The van der Waals surface area contributed by atoms with Gasteiger partial charge in [-0.15, -0.1) is 0 Å². The largest absolute Gasteiger partial charge is 0.344 e. The number of ketones is 2. The molecule has 0 aliphatic carbocycles. The Balaban J connectivity index is 0.000000157. The Labute approximate surface area is 120 Å². The van der Waals surface area contributed by atoms with Gasteiger partial charge in [-0.3, -0.25) is 19.6 Å². The summed E-state index contributed by atoms with van der Waals surface area (Å²) in [4.78, 5) is 43.8. The van der Waals surface area contributed by atoms with Crippen LogP contribution < -0.4 is 5.69 Å². The maximum atomic E-state index is 10.3. The van der Waals surface area contributed by atoms with E-state index in [4.69, 9.17) is 0 Å². The van der Waals surface area contributed by atoms with Crippen LogP contribution in [0, 0.1) is 0 Å². The van der Waals surface area contributed by atoms with Crippen molar-refractivity contribution in [3.63, 3.8) is 0 Å². The van der Waals surface area contributed by atoms with E-state index in [9.17, 15) is 14.4 Å². The van der Waals surface area contributed by atoms with Crippen molar-refractivity contribution in [1.82, 2.24) is 9.97 Å². The topological polar surface area (TPSA) is 105 Å². The fourth-order valence-electron chi connectivity index (χ4n) is 1.11. The molecule has 1 aromatic heterocycles. The van der Waals surface area contributed by atoms with Crippen molar-refractivity contribution in [1.29, 1.82) is 0 Å². The molecule has 3 heterocycles. The lowest BCUT2D eigenvalue weighted by atomic mass is 10.3. The molecule has 0 amide bonds. The number of carbonyl (C=O) groups excluding carboxylic acids is 2. The molecule has 0 saturated heterocycles. The number of H-pyrrole nitrogens is 1.